The van der Waals surface area contributed by atoms with Gasteiger partial charge in [0.15, 0.2) is 0 Å². The Kier molecular flexibility index (Phi) is 3.97. The van der Waals surface area contributed by atoms with E-state index in [9.17, 15) is 8.42 Å². The maximum absolute atomic E-state index is 12.3. The van der Waals surface area contributed by atoms with Crippen LogP contribution in [0.2, 0.25) is 0 Å². The van der Waals surface area contributed by atoms with Crippen molar-refractivity contribution in [3.8, 4) is 0 Å². The Morgan fingerprint density at radius 1 is 1.28 bits per heavy atom. The molecule has 0 aliphatic heterocycles. The number of nitrogens with zero attached hydrogens (tertiary/aromatic N) is 3. The smallest absolute Gasteiger partial charge is 0.246 e. The van der Waals surface area contributed by atoms with Crippen LogP contribution in [0.25, 0.3) is 0 Å². The molecule has 7 heteroatoms. The zero-order valence-electron chi connectivity index (χ0n) is 11.4. The summed E-state index contributed by atoms with van der Waals surface area (Å²) in [6, 6.07) is -0.153. The van der Waals surface area contributed by atoms with Crippen molar-refractivity contribution in [2.75, 3.05) is 12.8 Å². The lowest BCUT2D eigenvalue weighted by Crippen LogP contribution is -2.42. The predicted molar refractivity (Wildman–Crippen MR) is 70.3 cm³/mol. The molecule has 0 amide bonds. The molecule has 1 atom stereocenters. The second-order valence-corrected chi connectivity index (χ2v) is 7.34. The van der Waals surface area contributed by atoms with Crippen LogP contribution in [-0.2, 0) is 10.0 Å². The molecule has 1 rings (SSSR count). The monoisotopic (exact) mass is 272 g/mol. The van der Waals surface area contributed by atoms with Gasteiger partial charge in [0, 0.05) is 13.1 Å². The van der Waals surface area contributed by atoms with Crippen LogP contribution in [0.3, 0.4) is 0 Å². The summed E-state index contributed by atoms with van der Waals surface area (Å²) in [5.74, 6) is 0.0560. The standard InChI is InChI=1S/C11H20N4O2S/c1-8(11(2,3)4)15(5)18(16,17)9-6-13-10(12)14-7-9/h6-8H,1-5H3,(H2,12,13,14). The van der Waals surface area contributed by atoms with E-state index in [1.807, 2.05) is 27.7 Å². The number of hydrogen-bond acceptors (Lipinski definition) is 5. The van der Waals surface area contributed by atoms with Crippen molar-refractivity contribution in [1.29, 1.82) is 0 Å². The summed E-state index contributed by atoms with van der Waals surface area (Å²) < 4.78 is 26.0. The molecule has 2 N–H and O–H groups in total. The number of rotatable bonds is 3. The number of aromatic nitrogens is 2. The molecule has 0 aliphatic carbocycles. The lowest BCUT2D eigenvalue weighted by molar-refractivity contribution is 0.216. The van der Waals surface area contributed by atoms with Gasteiger partial charge >= 0.3 is 0 Å². The molecule has 0 saturated heterocycles. The van der Waals surface area contributed by atoms with E-state index in [0.717, 1.165) is 0 Å². The van der Waals surface area contributed by atoms with Crippen molar-refractivity contribution in [2.45, 2.75) is 38.6 Å². The summed E-state index contributed by atoms with van der Waals surface area (Å²) in [6.07, 6.45) is 2.45. The van der Waals surface area contributed by atoms with E-state index >= 15 is 0 Å². The van der Waals surface area contributed by atoms with Crippen molar-refractivity contribution in [2.24, 2.45) is 5.41 Å². The first kappa shape index (κ1) is 14.8. The highest BCUT2D eigenvalue weighted by Crippen LogP contribution is 2.27. The van der Waals surface area contributed by atoms with Gasteiger partial charge in [-0.15, -0.1) is 0 Å². The average molecular weight is 272 g/mol. The minimum absolute atomic E-state index is 0.0512. The quantitative estimate of drug-likeness (QED) is 0.890. The highest BCUT2D eigenvalue weighted by molar-refractivity contribution is 7.89. The summed E-state index contributed by atoms with van der Waals surface area (Å²) in [6.45, 7) is 7.84. The van der Waals surface area contributed by atoms with Crippen LogP contribution in [0.4, 0.5) is 5.95 Å². The Labute approximate surface area is 108 Å². The van der Waals surface area contributed by atoms with E-state index in [-0.39, 0.29) is 22.3 Å². The Bertz CT molecular complexity index is 505. The summed E-state index contributed by atoms with van der Waals surface area (Å²) >= 11 is 0. The van der Waals surface area contributed by atoms with Crippen LogP contribution < -0.4 is 5.73 Å². The molecule has 0 radical (unpaired) electrons. The van der Waals surface area contributed by atoms with Gasteiger partial charge in [-0.2, -0.15) is 4.31 Å². The maximum atomic E-state index is 12.3. The van der Waals surface area contributed by atoms with Gasteiger partial charge in [0.05, 0.1) is 12.4 Å². The van der Waals surface area contributed by atoms with Gasteiger partial charge in [-0.1, -0.05) is 20.8 Å². The van der Waals surface area contributed by atoms with Crippen LogP contribution >= 0.6 is 0 Å². The number of hydrogen-bond donors (Lipinski definition) is 1. The van der Waals surface area contributed by atoms with E-state index in [0.29, 0.717) is 0 Å². The largest absolute Gasteiger partial charge is 0.368 e. The van der Waals surface area contributed by atoms with Crippen molar-refractivity contribution in [3.05, 3.63) is 12.4 Å². The molecule has 18 heavy (non-hydrogen) atoms. The van der Waals surface area contributed by atoms with Gasteiger partial charge in [-0.3, -0.25) is 0 Å². The number of nitrogen functional groups attached to an aromatic ring is 1. The Morgan fingerprint density at radius 2 is 1.72 bits per heavy atom. The highest BCUT2D eigenvalue weighted by atomic mass is 32.2. The van der Waals surface area contributed by atoms with Crippen molar-refractivity contribution in [1.82, 2.24) is 14.3 Å². The zero-order valence-corrected chi connectivity index (χ0v) is 12.2. The zero-order chi connectivity index (χ0) is 14.1. The van der Waals surface area contributed by atoms with Gasteiger partial charge < -0.3 is 5.73 Å². The summed E-state index contributed by atoms with van der Waals surface area (Å²) in [5, 5.41) is 0. The SMILES string of the molecule is CC(N(C)S(=O)(=O)c1cnc(N)nc1)C(C)(C)C. The topological polar surface area (TPSA) is 89.2 Å². The summed E-state index contributed by atoms with van der Waals surface area (Å²) in [4.78, 5) is 7.47. The first-order valence-electron chi connectivity index (χ1n) is 5.62. The van der Waals surface area contributed by atoms with Gasteiger partial charge in [0.25, 0.3) is 0 Å². The van der Waals surface area contributed by atoms with Gasteiger partial charge in [0.1, 0.15) is 4.90 Å². The first-order valence-corrected chi connectivity index (χ1v) is 7.06. The molecule has 1 unspecified atom stereocenters. The van der Waals surface area contributed by atoms with E-state index in [1.54, 1.807) is 7.05 Å². The molecular weight excluding hydrogens is 252 g/mol. The number of anilines is 1. The fourth-order valence-corrected chi connectivity index (χ4v) is 2.82. The normalized spacial score (nSPS) is 14.8. The summed E-state index contributed by atoms with van der Waals surface area (Å²) in [5.41, 5.74) is 5.19. The second-order valence-electron chi connectivity index (χ2n) is 5.34. The third kappa shape index (κ3) is 2.97. The molecule has 102 valence electrons. The first-order chi connectivity index (χ1) is 8.06. The van der Waals surface area contributed by atoms with Crippen LogP contribution in [0, 0.1) is 5.41 Å². The van der Waals surface area contributed by atoms with Crippen LogP contribution in [0.1, 0.15) is 27.7 Å². The molecule has 0 bridgehead atoms. The molecular formula is C11H20N4O2S. The van der Waals surface area contributed by atoms with Crippen molar-refractivity contribution >= 4 is 16.0 Å². The minimum atomic E-state index is -3.59. The molecule has 1 aromatic heterocycles. The average Bonchev–Trinajstić information content (AvgIpc) is 2.26. The van der Waals surface area contributed by atoms with Crippen molar-refractivity contribution < 1.29 is 8.42 Å². The Hall–Kier alpha value is -1.21. The second kappa shape index (κ2) is 4.81. The Morgan fingerprint density at radius 3 is 2.11 bits per heavy atom. The molecule has 0 fully saturated rings. The third-order valence-corrected chi connectivity index (χ3v) is 5.00. The fourth-order valence-electron chi connectivity index (χ4n) is 1.38. The van der Waals surface area contributed by atoms with Crippen LogP contribution in [-0.4, -0.2) is 35.8 Å². The number of nitrogens with two attached hydrogens (primary N) is 1. The lowest BCUT2D eigenvalue weighted by atomic mass is 9.88. The van der Waals surface area contributed by atoms with E-state index in [4.69, 9.17) is 5.73 Å². The van der Waals surface area contributed by atoms with E-state index < -0.39 is 10.0 Å². The molecule has 6 nitrogen and oxygen atoms in total. The molecule has 0 aromatic carbocycles. The molecule has 0 spiro atoms. The van der Waals surface area contributed by atoms with Crippen LogP contribution in [0.15, 0.2) is 17.3 Å². The van der Waals surface area contributed by atoms with Gasteiger partial charge in [0.2, 0.25) is 16.0 Å². The Balaban J connectivity index is 3.11. The van der Waals surface area contributed by atoms with Gasteiger partial charge in [-0.25, -0.2) is 18.4 Å². The highest BCUT2D eigenvalue weighted by Gasteiger charge is 2.32. The van der Waals surface area contributed by atoms with Gasteiger partial charge in [-0.05, 0) is 12.3 Å². The van der Waals surface area contributed by atoms with Crippen molar-refractivity contribution in [3.63, 3.8) is 0 Å². The predicted octanol–water partition coefficient (Wildman–Crippen LogP) is 1.11. The maximum Gasteiger partial charge on any atom is 0.246 e. The molecule has 0 aliphatic rings. The molecule has 1 heterocycles. The minimum Gasteiger partial charge on any atom is -0.368 e. The lowest BCUT2D eigenvalue weighted by Gasteiger charge is -2.34. The molecule has 0 saturated carbocycles. The van der Waals surface area contributed by atoms with E-state index in [1.165, 1.54) is 16.7 Å². The number of sulfonamides is 1. The fraction of sp³-hybridized carbons (Fsp3) is 0.636. The van der Waals surface area contributed by atoms with Crippen LogP contribution in [0.5, 0.6) is 0 Å². The third-order valence-electron chi connectivity index (χ3n) is 3.12. The molecule has 1 aromatic rings. The summed E-state index contributed by atoms with van der Waals surface area (Å²) in [7, 11) is -2.03. The van der Waals surface area contributed by atoms with E-state index in [2.05, 4.69) is 9.97 Å².